The zero-order valence-electron chi connectivity index (χ0n) is 18.2. The standard InChI is InChI=1S/C21H27N5O4S2/c1-3-18-23-24-21(31-18)22-20(28)15-12-19(27)26(13-15)16-4-6-17(7-5-16)32(29,30)25-10-8-14(2)9-11-25/h4-7,14-15H,3,8-13H2,1-2H3,(H,22,24,28)/t15-/m1/s1. The minimum atomic E-state index is -3.54. The highest BCUT2D eigenvalue weighted by molar-refractivity contribution is 7.89. The molecule has 1 N–H and O–H groups in total. The highest BCUT2D eigenvalue weighted by Gasteiger charge is 2.36. The van der Waals surface area contributed by atoms with Crippen molar-refractivity contribution in [2.24, 2.45) is 11.8 Å². The van der Waals surface area contributed by atoms with E-state index in [1.165, 1.54) is 32.7 Å². The van der Waals surface area contributed by atoms with Crippen LogP contribution in [0, 0.1) is 11.8 Å². The number of rotatable bonds is 6. The number of piperidine rings is 1. The SMILES string of the molecule is CCc1nnc(NC(=O)[C@@H]2CC(=O)N(c3ccc(S(=O)(=O)N4CCC(C)CC4)cc3)C2)s1. The lowest BCUT2D eigenvalue weighted by molar-refractivity contribution is -0.122. The van der Waals surface area contributed by atoms with E-state index in [4.69, 9.17) is 0 Å². The summed E-state index contributed by atoms with van der Waals surface area (Å²) in [4.78, 5) is 26.9. The van der Waals surface area contributed by atoms with Crippen LogP contribution in [-0.4, -0.2) is 54.4 Å². The summed E-state index contributed by atoms with van der Waals surface area (Å²) in [5.74, 6) is -0.401. The molecule has 9 nitrogen and oxygen atoms in total. The lowest BCUT2D eigenvalue weighted by atomic mass is 10.0. The van der Waals surface area contributed by atoms with E-state index >= 15 is 0 Å². The quantitative estimate of drug-likeness (QED) is 0.684. The van der Waals surface area contributed by atoms with E-state index in [9.17, 15) is 18.0 Å². The summed E-state index contributed by atoms with van der Waals surface area (Å²) in [6, 6.07) is 6.35. The first-order valence-electron chi connectivity index (χ1n) is 10.8. The van der Waals surface area contributed by atoms with Gasteiger partial charge >= 0.3 is 0 Å². The second-order valence-electron chi connectivity index (χ2n) is 8.33. The fraction of sp³-hybridized carbons (Fsp3) is 0.524. The van der Waals surface area contributed by atoms with Crippen LogP contribution >= 0.6 is 11.3 Å². The molecule has 0 saturated carbocycles. The van der Waals surface area contributed by atoms with Crippen LogP contribution in [0.3, 0.4) is 0 Å². The molecule has 172 valence electrons. The first-order valence-corrected chi connectivity index (χ1v) is 13.1. The van der Waals surface area contributed by atoms with E-state index in [0.29, 0.717) is 29.8 Å². The maximum Gasteiger partial charge on any atom is 0.243 e. The predicted octanol–water partition coefficient (Wildman–Crippen LogP) is 2.51. The van der Waals surface area contributed by atoms with Crippen molar-refractivity contribution in [3.8, 4) is 0 Å². The summed E-state index contributed by atoms with van der Waals surface area (Å²) in [7, 11) is -3.54. The number of carbonyl (C=O) groups excluding carboxylic acids is 2. The van der Waals surface area contributed by atoms with Gasteiger partial charge in [0.1, 0.15) is 5.01 Å². The molecule has 0 bridgehead atoms. The monoisotopic (exact) mass is 477 g/mol. The van der Waals surface area contributed by atoms with Crippen LogP contribution in [0.4, 0.5) is 10.8 Å². The maximum absolute atomic E-state index is 12.9. The van der Waals surface area contributed by atoms with Gasteiger partial charge in [0, 0.05) is 31.7 Å². The molecule has 0 aliphatic carbocycles. The van der Waals surface area contributed by atoms with Crippen LogP contribution in [-0.2, 0) is 26.0 Å². The van der Waals surface area contributed by atoms with E-state index in [-0.39, 0.29) is 29.7 Å². The Bertz CT molecular complexity index is 1090. The average molecular weight is 478 g/mol. The summed E-state index contributed by atoms with van der Waals surface area (Å²) >= 11 is 1.32. The second kappa shape index (κ2) is 9.24. The van der Waals surface area contributed by atoms with Crippen LogP contribution in [0.15, 0.2) is 29.2 Å². The average Bonchev–Trinajstić information content (AvgIpc) is 3.40. The number of aryl methyl sites for hydroxylation is 1. The Labute approximate surface area is 191 Å². The fourth-order valence-corrected chi connectivity index (χ4v) is 6.11. The molecule has 0 radical (unpaired) electrons. The zero-order chi connectivity index (χ0) is 22.9. The Morgan fingerprint density at radius 1 is 1.19 bits per heavy atom. The van der Waals surface area contributed by atoms with Crippen LogP contribution in [0.1, 0.15) is 38.1 Å². The number of carbonyl (C=O) groups is 2. The first kappa shape index (κ1) is 22.8. The Balaban J connectivity index is 1.41. The molecule has 1 aromatic carbocycles. The maximum atomic E-state index is 12.9. The number of aromatic nitrogens is 2. The molecule has 2 fully saturated rings. The lowest BCUT2D eigenvalue weighted by Gasteiger charge is -2.29. The Morgan fingerprint density at radius 2 is 1.88 bits per heavy atom. The second-order valence-corrected chi connectivity index (χ2v) is 11.3. The Hall–Kier alpha value is -2.37. The van der Waals surface area contributed by atoms with Crippen molar-refractivity contribution in [1.29, 1.82) is 0 Å². The topological polar surface area (TPSA) is 113 Å². The van der Waals surface area contributed by atoms with Crippen molar-refractivity contribution in [2.45, 2.75) is 44.4 Å². The zero-order valence-corrected chi connectivity index (χ0v) is 19.8. The van der Waals surface area contributed by atoms with Gasteiger partial charge in [0.15, 0.2) is 0 Å². The third-order valence-electron chi connectivity index (χ3n) is 6.02. The summed E-state index contributed by atoms with van der Waals surface area (Å²) < 4.78 is 27.4. The minimum absolute atomic E-state index is 0.0945. The van der Waals surface area contributed by atoms with Crippen LogP contribution in [0.2, 0.25) is 0 Å². The van der Waals surface area contributed by atoms with E-state index in [2.05, 4.69) is 22.4 Å². The number of anilines is 2. The molecule has 2 aliphatic rings. The van der Waals surface area contributed by atoms with Gasteiger partial charge in [-0.1, -0.05) is 25.2 Å². The molecule has 2 aliphatic heterocycles. The number of nitrogens with one attached hydrogen (secondary N) is 1. The third kappa shape index (κ3) is 4.69. The van der Waals surface area contributed by atoms with Crippen LogP contribution in [0.5, 0.6) is 0 Å². The molecule has 0 unspecified atom stereocenters. The van der Waals surface area contributed by atoms with Crippen LogP contribution < -0.4 is 10.2 Å². The largest absolute Gasteiger partial charge is 0.312 e. The van der Waals surface area contributed by atoms with E-state index in [1.54, 1.807) is 12.1 Å². The van der Waals surface area contributed by atoms with Crippen molar-refractivity contribution in [3.63, 3.8) is 0 Å². The van der Waals surface area contributed by atoms with Gasteiger partial charge < -0.3 is 10.2 Å². The molecule has 2 saturated heterocycles. The van der Waals surface area contributed by atoms with E-state index < -0.39 is 15.9 Å². The first-order chi connectivity index (χ1) is 15.3. The summed E-state index contributed by atoms with van der Waals surface area (Å²) in [6.07, 6.45) is 2.56. The van der Waals surface area contributed by atoms with Gasteiger partial charge in [0.2, 0.25) is 27.0 Å². The van der Waals surface area contributed by atoms with Crippen molar-refractivity contribution in [2.75, 3.05) is 29.9 Å². The Kier molecular flexibility index (Phi) is 6.59. The van der Waals surface area contributed by atoms with Crippen LogP contribution in [0.25, 0.3) is 0 Å². The number of benzene rings is 1. The van der Waals surface area contributed by atoms with Gasteiger partial charge in [0.05, 0.1) is 10.8 Å². The van der Waals surface area contributed by atoms with Crippen molar-refractivity contribution in [3.05, 3.63) is 29.3 Å². The molecule has 32 heavy (non-hydrogen) atoms. The molecule has 1 atom stereocenters. The van der Waals surface area contributed by atoms with E-state index in [0.717, 1.165) is 24.3 Å². The van der Waals surface area contributed by atoms with Gasteiger partial charge in [-0.15, -0.1) is 10.2 Å². The molecule has 2 amide bonds. The molecule has 0 spiro atoms. The van der Waals surface area contributed by atoms with Crippen molar-refractivity contribution >= 4 is 44.0 Å². The molecular formula is C21H27N5O4S2. The molecule has 1 aromatic heterocycles. The van der Waals surface area contributed by atoms with Gasteiger partial charge in [-0.3, -0.25) is 9.59 Å². The normalized spacial score (nSPS) is 20.6. The van der Waals surface area contributed by atoms with Crippen molar-refractivity contribution in [1.82, 2.24) is 14.5 Å². The molecule has 11 heteroatoms. The number of hydrogen-bond donors (Lipinski definition) is 1. The number of hydrogen-bond acceptors (Lipinski definition) is 7. The predicted molar refractivity (Wildman–Crippen MR) is 122 cm³/mol. The number of sulfonamides is 1. The molecular weight excluding hydrogens is 450 g/mol. The fourth-order valence-electron chi connectivity index (χ4n) is 3.96. The number of nitrogens with zero attached hydrogens (tertiary/aromatic N) is 4. The lowest BCUT2D eigenvalue weighted by Crippen LogP contribution is -2.37. The summed E-state index contributed by atoms with van der Waals surface area (Å²) in [5.41, 5.74) is 0.584. The smallest absolute Gasteiger partial charge is 0.243 e. The minimum Gasteiger partial charge on any atom is -0.312 e. The summed E-state index contributed by atoms with van der Waals surface area (Å²) in [5, 5.41) is 11.9. The third-order valence-corrected chi connectivity index (χ3v) is 8.92. The Morgan fingerprint density at radius 3 is 2.50 bits per heavy atom. The molecule has 2 aromatic rings. The number of amides is 2. The van der Waals surface area contributed by atoms with Crippen molar-refractivity contribution < 1.29 is 18.0 Å². The van der Waals surface area contributed by atoms with Gasteiger partial charge in [-0.2, -0.15) is 4.31 Å². The van der Waals surface area contributed by atoms with Gasteiger partial charge in [-0.05, 0) is 49.4 Å². The van der Waals surface area contributed by atoms with E-state index in [1.807, 2.05) is 6.92 Å². The van der Waals surface area contributed by atoms with Gasteiger partial charge in [-0.25, -0.2) is 8.42 Å². The van der Waals surface area contributed by atoms with Gasteiger partial charge in [0.25, 0.3) is 0 Å². The molecule has 3 heterocycles. The highest BCUT2D eigenvalue weighted by atomic mass is 32.2. The molecule has 4 rings (SSSR count). The summed E-state index contributed by atoms with van der Waals surface area (Å²) in [6.45, 7) is 5.39. The highest BCUT2D eigenvalue weighted by Crippen LogP contribution is 2.29.